The molecule has 0 aliphatic rings. The Kier molecular flexibility index (Phi) is 11.9. The minimum Gasteiger partial charge on any atom is -0.489 e. The van der Waals surface area contributed by atoms with Gasteiger partial charge in [0.15, 0.2) is 0 Å². The summed E-state index contributed by atoms with van der Waals surface area (Å²) in [5.41, 5.74) is 3.53. The molecule has 0 aliphatic carbocycles. The van der Waals surface area contributed by atoms with Gasteiger partial charge in [-0.15, -0.1) is 11.6 Å². The second kappa shape index (κ2) is 16.9. The zero-order valence-corrected chi connectivity index (χ0v) is 26.8. The maximum absolute atomic E-state index is 13.1. The second-order valence-electron chi connectivity index (χ2n) is 10.2. The molecular weight excluding hydrogens is 615 g/mol. The maximum Gasteiger partial charge on any atom is 0.647 e. The van der Waals surface area contributed by atoms with Gasteiger partial charge in [-0.3, -0.25) is 0 Å². The highest BCUT2D eigenvalue weighted by atomic mass is 35.5. The first-order chi connectivity index (χ1) is 22.5. The average Bonchev–Trinajstić information content (AvgIpc) is 3.10. The normalized spacial score (nSPS) is 11.3. The van der Waals surface area contributed by atoms with Crippen molar-refractivity contribution in [2.24, 2.45) is 0 Å². The third-order valence-corrected chi connectivity index (χ3v) is 8.34. The molecule has 5 nitrogen and oxygen atoms in total. The average molecular weight is 649 g/mol. The van der Waals surface area contributed by atoms with Crippen molar-refractivity contribution in [3.05, 3.63) is 193 Å². The summed E-state index contributed by atoms with van der Waals surface area (Å²) in [4.78, 5) is 0. The van der Waals surface area contributed by atoms with Gasteiger partial charge in [0.2, 0.25) is 0 Å². The molecular formula is C39H34ClO5P. The van der Waals surface area contributed by atoms with E-state index in [0.717, 1.165) is 17.7 Å². The summed E-state index contributed by atoms with van der Waals surface area (Å²) < 4.78 is 35.4. The lowest BCUT2D eigenvalue weighted by Crippen LogP contribution is -2.07. The van der Waals surface area contributed by atoms with Gasteiger partial charge >= 0.3 is 7.82 Å². The number of para-hydroxylation sites is 3. The Hall–Kier alpha value is -4.96. The number of phosphoric acid groups is 1. The van der Waals surface area contributed by atoms with Crippen molar-refractivity contribution in [2.45, 2.75) is 18.4 Å². The monoisotopic (exact) mass is 648 g/mol. The third-order valence-electron chi connectivity index (χ3n) is 6.63. The zero-order valence-electron chi connectivity index (χ0n) is 25.1. The smallest absolute Gasteiger partial charge is 0.489 e. The van der Waals surface area contributed by atoms with Gasteiger partial charge in [-0.1, -0.05) is 127 Å². The fourth-order valence-corrected chi connectivity index (χ4v) is 5.91. The highest BCUT2D eigenvalue weighted by Gasteiger charge is 2.33. The second-order valence-corrected chi connectivity index (χ2v) is 12.1. The molecule has 0 N–H and O–H groups in total. The molecule has 0 spiro atoms. The molecule has 6 aromatic carbocycles. The van der Waals surface area contributed by atoms with Crippen molar-refractivity contribution < 1.29 is 22.9 Å². The van der Waals surface area contributed by atoms with Crippen LogP contribution in [0.3, 0.4) is 0 Å². The van der Waals surface area contributed by atoms with Crippen molar-refractivity contribution in [2.75, 3.05) is 0 Å². The maximum atomic E-state index is 13.1. The Morgan fingerprint density at radius 2 is 0.848 bits per heavy atom. The minimum absolute atomic E-state index is 0.00714. The van der Waals surface area contributed by atoms with Crippen LogP contribution in [0.2, 0.25) is 0 Å². The van der Waals surface area contributed by atoms with Crippen molar-refractivity contribution in [1.29, 1.82) is 0 Å². The van der Waals surface area contributed by atoms with Crippen LogP contribution in [0.25, 0.3) is 0 Å². The number of rotatable bonds is 12. The first-order valence-electron chi connectivity index (χ1n) is 14.8. The van der Waals surface area contributed by atoms with E-state index in [4.69, 9.17) is 29.9 Å². The van der Waals surface area contributed by atoms with E-state index in [0.29, 0.717) is 23.9 Å². The van der Waals surface area contributed by atoms with E-state index in [1.54, 1.807) is 72.8 Å². The van der Waals surface area contributed by atoms with E-state index in [1.165, 1.54) is 11.1 Å². The topological polar surface area (TPSA) is 54.0 Å². The van der Waals surface area contributed by atoms with Crippen LogP contribution in [0.4, 0.5) is 0 Å². The molecule has 0 heterocycles. The van der Waals surface area contributed by atoms with Crippen molar-refractivity contribution in [3.63, 3.8) is 0 Å². The highest BCUT2D eigenvalue weighted by Crippen LogP contribution is 2.49. The van der Waals surface area contributed by atoms with Crippen LogP contribution in [0.5, 0.6) is 23.0 Å². The molecule has 0 aliphatic heterocycles. The van der Waals surface area contributed by atoms with Crippen LogP contribution >= 0.6 is 19.4 Å². The Bertz CT molecular complexity index is 1650. The lowest BCUT2D eigenvalue weighted by Gasteiger charge is -2.19. The van der Waals surface area contributed by atoms with Gasteiger partial charge in [-0.2, -0.15) is 4.57 Å². The van der Waals surface area contributed by atoms with Crippen LogP contribution in [0, 0.1) is 0 Å². The fourth-order valence-electron chi connectivity index (χ4n) is 4.34. The van der Waals surface area contributed by atoms with Crippen molar-refractivity contribution >= 4 is 19.4 Å². The van der Waals surface area contributed by atoms with Crippen LogP contribution in [-0.2, 0) is 17.6 Å². The summed E-state index contributed by atoms with van der Waals surface area (Å²) in [7, 11) is -3.89. The number of hydrogen-bond acceptors (Lipinski definition) is 5. The molecule has 6 aromatic rings. The van der Waals surface area contributed by atoms with Crippen LogP contribution in [-0.4, -0.2) is 0 Å². The molecule has 6 rings (SSSR count). The summed E-state index contributed by atoms with van der Waals surface area (Å²) in [5, 5.41) is -0.00714. The molecule has 0 amide bonds. The molecule has 0 fully saturated rings. The van der Waals surface area contributed by atoms with Crippen LogP contribution in [0.15, 0.2) is 176 Å². The zero-order chi connectivity index (χ0) is 31.9. The molecule has 46 heavy (non-hydrogen) atoms. The van der Waals surface area contributed by atoms with E-state index >= 15 is 0 Å². The molecule has 1 unspecified atom stereocenters. The molecule has 0 saturated carbocycles. The third kappa shape index (κ3) is 10.6. The van der Waals surface area contributed by atoms with E-state index in [1.807, 2.05) is 66.7 Å². The predicted molar refractivity (Wildman–Crippen MR) is 185 cm³/mol. The molecule has 232 valence electrons. The minimum atomic E-state index is -3.89. The SMILES string of the molecule is ClC(Cc1ccc(OCc2ccccc2)cc1)c1ccccc1.O=P(Oc1ccccc1)(Oc1ccccc1)Oc1ccccc1. The Morgan fingerprint density at radius 1 is 0.457 bits per heavy atom. The standard InChI is InChI=1S/C21H19ClO.C18H15O4P/c22-21(19-9-5-2-6-10-19)15-17-11-13-20(14-12-17)23-16-18-7-3-1-4-8-18;19-23(20-16-10-4-1-5-11-16,21-17-12-6-2-7-13-17)22-18-14-8-3-9-15-18/h1-14,21H,15-16H2;1-15H. The molecule has 1 atom stereocenters. The Balaban J connectivity index is 0.000000181. The van der Waals surface area contributed by atoms with Crippen LogP contribution < -0.4 is 18.3 Å². The molecule has 0 radical (unpaired) electrons. The summed E-state index contributed by atoms with van der Waals surface area (Å²) >= 11 is 6.49. The lowest BCUT2D eigenvalue weighted by molar-refractivity contribution is 0.298. The van der Waals surface area contributed by atoms with Gasteiger partial charge < -0.3 is 18.3 Å². The van der Waals surface area contributed by atoms with E-state index < -0.39 is 7.82 Å². The molecule has 7 heteroatoms. The van der Waals surface area contributed by atoms with E-state index in [9.17, 15) is 4.57 Å². The van der Waals surface area contributed by atoms with Gasteiger partial charge in [0.1, 0.15) is 29.6 Å². The highest BCUT2D eigenvalue weighted by molar-refractivity contribution is 7.49. The number of alkyl halides is 1. The molecule has 0 aromatic heterocycles. The fraction of sp³-hybridized carbons (Fsp3) is 0.0769. The quantitative estimate of drug-likeness (QED) is 0.0976. The van der Waals surface area contributed by atoms with Gasteiger partial charge in [-0.05, 0) is 71.6 Å². The van der Waals surface area contributed by atoms with Crippen LogP contribution in [0.1, 0.15) is 22.1 Å². The van der Waals surface area contributed by atoms with Gasteiger partial charge in [0.05, 0.1) is 5.38 Å². The van der Waals surface area contributed by atoms with Crippen molar-refractivity contribution in [3.8, 4) is 23.0 Å². The summed E-state index contributed by atoms with van der Waals surface area (Å²) in [6.45, 7) is 0.586. The van der Waals surface area contributed by atoms with Gasteiger partial charge in [0.25, 0.3) is 0 Å². The number of halogens is 1. The number of benzene rings is 6. The molecule has 0 saturated heterocycles. The summed E-state index contributed by atoms with van der Waals surface area (Å²) in [5.74, 6) is 2.09. The largest absolute Gasteiger partial charge is 0.647 e. The van der Waals surface area contributed by atoms with Gasteiger partial charge in [-0.25, -0.2) is 0 Å². The summed E-state index contributed by atoms with van der Waals surface area (Å²) in [6, 6.07) is 54.9. The Labute approximate surface area is 275 Å². The predicted octanol–water partition coefficient (Wildman–Crippen LogP) is 11.1. The van der Waals surface area contributed by atoms with Gasteiger partial charge in [0, 0.05) is 0 Å². The summed E-state index contributed by atoms with van der Waals surface area (Å²) in [6.07, 6.45) is 0.810. The molecule has 0 bridgehead atoms. The number of ether oxygens (including phenoxy) is 1. The number of phosphoric ester groups is 1. The number of hydrogen-bond donors (Lipinski definition) is 0. The first-order valence-corrected chi connectivity index (χ1v) is 16.7. The van der Waals surface area contributed by atoms with E-state index in [2.05, 4.69) is 36.4 Å². The van der Waals surface area contributed by atoms with Crippen molar-refractivity contribution in [1.82, 2.24) is 0 Å². The lowest BCUT2D eigenvalue weighted by atomic mass is 10.0. The first kappa shape index (κ1) is 32.4. The van der Waals surface area contributed by atoms with E-state index in [-0.39, 0.29) is 5.38 Å². The Morgan fingerprint density at radius 3 is 1.28 bits per heavy atom.